The summed E-state index contributed by atoms with van der Waals surface area (Å²) in [7, 11) is 0. The van der Waals surface area contributed by atoms with Gasteiger partial charge < -0.3 is 14.7 Å². The molecular weight excluding hydrogens is 268 g/mol. The van der Waals surface area contributed by atoms with Gasteiger partial charge in [-0.2, -0.15) is 0 Å². The normalized spacial score (nSPS) is 20.4. The van der Waals surface area contributed by atoms with Crippen LogP contribution >= 0.6 is 0 Å². The summed E-state index contributed by atoms with van der Waals surface area (Å²) in [6.45, 7) is 8.93. The molecule has 1 saturated heterocycles. The largest absolute Gasteiger partial charge is 0.472 e. The Kier molecular flexibility index (Phi) is 4.52. The van der Waals surface area contributed by atoms with Crippen LogP contribution in [0.25, 0.3) is 0 Å². The average Bonchev–Trinajstić information content (AvgIpc) is 2.86. The van der Waals surface area contributed by atoms with Crippen LogP contribution in [0.15, 0.2) is 18.3 Å². The molecule has 1 N–H and O–H groups in total. The molecule has 5 heteroatoms. The molecule has 2 heterocycles. The van der Waals surface area contributed by atoms with Crippen LogP contribution in [-0.2, 0) is 0 Å². The van der Waals surface area contributed by atoms with Gasteiger partial charge in [-0.05, 0) is 40.2 Å². The van der Waals surface area contributed by atoms with Crippen LogP contribution < -0.4 is 4.74 Å². The predicted molar refractivity (Wildman–Crippen MR) is 80.3 cm³/mol. The molecule has 0 saturated carbocycles. The number of likely N-dealkylation sites (tertiary alicyclic amines) is 1. The minimum Gasteiger partial charge on any atom is -0.472 e. The summed E-state index contributed by atoms with van der Waals surface area (Å²) in [5.74, 6) is 0.653. The molecule has 5 nitrogen and oxygen atoms in total. The van der Waals surface area contributed by atoms with E-state index in [2.05, 4.69) is 4.98 Å². The summed E-state index contributed by atoms with van der Waals surface area (Å²) in [5.41, 5.74) is 0.250. The number of carbonyl (C=O) groups is 1. The van der Waals surface area contributed by atoms with E-state index in [1.165, 1.54) is 0 Å². The maximum atomic E-state index is 12.4. The standard InChI is InChI=1S/C16H24N2O3/c1-11(19)13-7-8-18(10-13)15(20)12-5-6-14(17-9-12)21-16(2,3)4/h5-6,9,11,13,19H,7-8,10H2,1-4H3. The lowest BCUT2D eigenvalue weighted by molar-refractivity contribution is 0.0762. The third kappa shape index (κ3) is 4.17. The van der Waals surface area contributed by atoms with Crippen molar-refractivity contribution in [3.8, 4) is 5.88 Å². The molecule has 1 aliphatic heterocycles. The van der Waals surface area contributed by atoms with Crippen LogP contribution in [-0.4, -0.2) is 45.7 Å². The SMILES string of the molecule is CC(O)C1CCN(C(=O)c2ccc(OC(C)(C)C)nc2)C1. The van der Waals surface area contributed by atoms with Gasteiger partial charge in [0, 0.05) is 31.3 Å². The number of aliphatic hydroxyl groups is 1. The molecule has 0 aromatic carbocycles. The molecule has 1 fully saturated rings. The molecule has 2 atom stereocenters. The highest BCUT2D eigenvalue weighted by Crippen LogP contribution is 2.22. The molecule has 1 amide bonds. The van der Waals surface area contributed by atoms with Crippen molar-refractivity contribution in [2.45, 2.75) is 45.8 Å². The minimum absolute atomic E-state index is 0.0343. The van der Waals surface area contributed by atoms with Crippen molar-refractivity contribution in [2.75, 3.05) is 13.1 Å². The van der Waals surface area contributed by atoms with Crippen LogP contribution in [0.2, 0.25) is 0 Å². The number of carbonyl (C=O) groups excluding carboxylic acids is 1. The first-order valence-corrected chi connectivity index (χ1v) is 7.38. The molecule has 0 bridgehead atoms. The number of rotatable bonds is 3. The van der Waals surface area contributed by atoms with Crippen LogP contribution in [0.3, 0.4) is 0 Å². The van der Waals surface area contributed by atoms with Gasteiger partial charge in [0.05, 0.1) is 11.7 Å². The van der Waals surface area contributed by atoms with Gasteiger partial charge in [-0.15, -0.1) is 0 Å². The maximum Gasteiger partial charge on any atom is 0.255 e. The van der Waals surface area contributed by atoms with Crippen molar-refractivity contribution >= 4 is 5.91 Å². The van der Waals surface area contributed by atoms with Gasteiger partial charge in [0.15, 0.2) is 0 Å². The van der Waals surface area contributed by atoms with Crippen molar-refractivity contribution in [1.82, 2.24) is 9.88 Å². The fraction of sp³-hybridized carbons (Fsp3) is 0.625. The maximum absolute atomic E-state index is 12.4. The Morgan fingerprint density at radius 2 is 2.19 bits per heavy atom. The fourth-order valence-electron chi connectivity index (χ4n) is 2.43. The number of hydrogen-bond acceptors (Lipinski definition) is 4. The van der Waals surface area contributed by atoms with E-state index in [-0.39, 0.29) is 23.5 Å². The number of aliphatic hydroxyl groups excluding tert-OH is 1. The van der Waals surface area contributed by atoms with E-state index < -0.39 is 0 Å². The quantitative estimate of drug-likeness (QED) is 0.926. The fourth-order valence-corrected chi connectivity index (χ4v) is 2.43. The highest BCUT2D eigenvalue weighted by molar-refractivity contribution is 5.94. The van der Waals surface area contributed by atoms with E-state index in [1.54, 1.807) is 30.2 Å². The third-order valence-electron chi connectivity index (χ3n) is 3.59. The minimum atomic E-state index is -0.372. The van der Waals surface area contributed by atoms with Gasteiger partial charge in [-0.25, -0.2) is 4.98 Å². The zero-order chi connectivity index (χ0) is 15.6. The Balaban J connectivity index is 2.01. The van der Waals surface area contributed by atoms with Crippen molar-refractivity contribution in [2.24, 2.45) is 5.92 Å². The van der Waals surface area contributed by atoms with E-state index >= 15 is 0 Å². The molecule has 2 unspecified atom stereocenters. The van der Waals surface area contributed by atoms with Gasteiger partial charge in [-0.1, -0.05) is 0 Å². The zero-order valence-electron chi connectivity index (χ0n) is 13.2. The second-order valence-electron chi connectivity index (χ2n) is 6.64. The smallest absolute Gasteiger partial charge is 0.255 e. The van der Waals surface area contributed by atoms with E-state index in [4.69, 9.17) is 4.74 Å². The summed E-state index contributed by atoms with van der Waals surface area (Å²) < 4.78 is 5.64. The van der Waals surface area contributed by atoms with Gasteiger partial charge in [-0.3, -0.25) is 4.79 Å². The predicted octanol–water partition coefficient (Wildman–Crippen LogP) is 2.10. The van der Waals surface area contributed by atoms with E-state index in [0.29, 0.717) is 24.5 Å². The first-order chi connectivity index (χ1) is 9.76. The second-order valence-corrected chi connectivity index (χ2v) is 6.64. The Bertz CT molecular complexity index is 491. The number of ether oxygens (including phenoxy) is 1. The molecule has 2 rings (SSSR count). The molecule has 116 valence electrons. The highest BCUT2D eigenvalue weighted by atomic mass is 16.5. The van der Waals surface area contributed by atoms with Crippen LogP contribution in [0.4, 0.5) is 0 Å². The molecule has 0 aliphatic carbocycles. The van der Waals surface area contributed by atoms with Crippen molar-refractivity contribution in [3.63, 3.8) is 0 Å². The third-order valence-corrected chi connectivity index (χ3v) is 3.59. The topological polar surface area (TPSA) is 62.7 Å². The van der Waals surface area contributed by atoms with Crippen molar-refractivity contribution in [3.05, 3.63) is 23.9 Å². The number of nitrogens with zero attached hydrogens (tertiary/aromatic N) is 2. The Morgan fingerprint density at radius 1 is 1.48 bits per heavy atom. The summed E-state index contributed by atoms with van der Waals surface area (Å²) in [4.78, 5) is 18.3. The molecule has 1 aromatic rings. The summed E-state index contributed by atoms with van der Waals surface area (Å²) in [6, 6.07) is 3.47. The average molecular weight is 292 g/mol. The van der Waals surface area contributed by atoms with Crippen LogP contribution in [0.5, 0.6) is 5.88 Å². The molecular formula is C16H24N2O3. The molecule has 0 spiro atoms. The van der Waals surface area contributed by atoms with Crippen LogP contribution in [0.1, 0.15) is 44.5 Å². The molecule has 1 aromatic heterocycles. The van der Waals surface area contributed by atoms with Gasteiger partial charge >= 0.3 is 0 Å². The lowest BCUT2D eigenvalue weighted by Crippen LogP contribution is -2.30. The lowest BCUT2D eigenvalue weighted by atomic mass is 10.0. The van der Waals surface area contributed by atoms with Crippen molar-refractivity contribution < 1.29 is 14.6 Å². The zero-order valence-corrected chi connectivity index (χ0v) is 13.2. The molecule has 21 heavy (non-hydrogen) atoms. The Morgan fingerprint density at radius 3 is 2.67 bits per heavy atom. The molecule has 1 aliphatic rings. The summed E-state index contributed by atoms with van der Waals surface area (Å²) >= 11 is 0. The number of hydrogen-bond donors (Lipinski definition) is 1. The molecule has 0 radical (unpaired) electrons. The van der Waals surface area contributed by atoms with Gasteiger partial charge in [0.1, 0.15) is 5.60 Å². The first kappa shape index (κ1) is 15.8. The number of pyridine rings is 1. The van der Waals surface area contributed by atoms with Crippen LogP contribution in [0, 0.1) is 5.92 Å². The summed E-state index contributed by atoms with van der Waals surface area (Å²) in [5, 5.41) is 9.60. The lowest BCUT2D eigenvalue weighted by Gasteiger charge is -2.21. The highest BCUT2D eigenvalue weighted by Gasteiger charge is 2.29. The van der Waals surface area contributed by atoms with Gasteiger partial charge in [0.2, 0.25) is 5.88 Å². The first-order valence-electron chi connectivity index (χ1n) is 7.38. The Hall–Kier alpha value is -1.62. The van der Waals surface area contributed by atoms with E-state index in [9.17, 15) is 9.90 Å². The monoisotopic (exact) mass is 292 g/mol. The van der Waals surface area contributed by atoms with E-state index in [1.807, 2.05) is 20.8 Å². The summed E-state index contributed by atoms with van der Waals surface area (Å²) in [6.07, 6.45) is 2.03. The van der Waals surface area contributed by atoms with E-state index in [0.717, 1.165) is 6.42 Å². The van der Waals surface area contributed by atoms with Crippen molar-refractivity contribution in [1.29, 1.82) is 0 Å². The second kappa shape index (κ2) is 6.02. The Labute approximate surface area is 125 Å². The number of aromatic nitrogens is 1. The van der Waals surface area contributed by atoms with Gasteiger partial charge in [0.25, 0.3) is 5.91 Å². The number of amides is 1.